The van der Waals surface area contributed by atoms with Crippen molar-refractivity contribution in [1.29, 1.82) is 5.26 Å². The molecule has 0 spiro atoms. The number of phenolic OH excluding ortho intramolecular Hbond substituents is 1. The first-order chi connectivity index (χ1) is 11.8. The second-order valence-electron chi connectivity index (χ2n) is 4.84. The molecule has 0 saturated carbocycles. The minimum atomic E-state index is 0.0598. The van der Waals surface area contributed by atoms with Crippen LogP contribution in [0.4, 0.5) is 5.95 Å². The number of nitriles is 1. The van der Waals surface area contributed by atoms with Crippen LogP contribution in [-0.2, 0) is 0 Å². The Bertz CT molecular complexity index is 916. The number of benzene rings is 2. The molecule has 0 saturated heterocycles. The molecule has 0 radical (unpaired) electrons. The molecule has 1 heterocycles. The van der Waals surface area contributed by atoms with Crippen LogP contribution in [-0.4, -0.2) is 20.1 Å². The zero-order chi connectivity index (χ0) is 16.8. The molecule has 3 rings (SSSR count). The Morgan fingerprint density at radius 1 is 0.917 bits per heavy atom. The van der Waals surface area contributed by atoms with Gasteiger partial charge in [0.15, 0.2) is 17.8 Å². The van der Waals surface area contributed by atoms with Crippen molar-refractivity contribution in [2.45, 2.75) is 0 Å². The fourth-order valence-electron chi connectivity index (χ4n) is 2.09. The van der Waals surface area contributed by atoms with Crippen LogP contribution in [0, 0.1) is 11.5 Å². The van der Waals surface area contributed by atoms with E-state index >= 15 is 0 Å². The average molecular weight is 315 g/mol. The molecule has 1 aromatic heterocycles. The molecule has 24 heavy (non-hydrogen) atoms. The van der Waals surface area contributed by atoms with Crippen LogP contribution >= 0.6 is 0 Å². The van der Waals surface area contributed by atoms with E-state index in [1.165, 1.54) is 0 Å². The average Bonchev–Trinajstić information content (AvgIpc) is 2.61. The maximum atomic E-state index is 9.98. The Morgan fingerprint density at radius 2 is 1.67 bits per heavy atom. The van der Waals surface area contributed by atoms with Crippen molar-refractivity contribution in [3.05, 3.63) is 66.0 Å². The highest BCUT2D eigenvalue weighted by molar-refractivity contribution is 5.69. The monoisotopic (exact) mass is 315 g/mol. The number of rotatable bonds is 4. The van der Waals surface area contributed by atoms with Crippen LogP contribution in [0.5, 0.6) is 5.75 Å². The van der Waals surface area contributed by atoms with Crippen molar-refractivity contribution in [2.75, 3.05) is 5.32 Å². The lowest BCUT2D eigenvalue weighted by Gasteiger charge is -2.05. The second kappa shape index (κ2) is 7.03. The van der Waals surface area contributed by atoms with E-state index in [2.05, 4.69) is 20.3 Å². The highest BCUT2D eigenvalue weighted by Crippen LogP contribution is 2.26. The summed E-state index contributed by atoms with van der Waals surface area (Å²) in [6.45, 7) is 0. The SMILES string of the molecule is N#CNc1nc(/C=C/c2ccccc2)nc(-c2ccccc2O)n1. The van der Waals surface area contributed by atoms with Gasteiger partial charge in [-0.3, -0.25) is 5.32 Å². The molecule has 6 heteroatoms. The van der Waals surface area contributed by atoms with E-state index in [-0.39, 0.29) is 17.5 Å². The van der Waals surface area contributed by atoms with Gasteiger partial charge in [-0.15, -0.1) is 0 Å². The molecule has 2 aromatic carbocycles. The van der Waals surface area contributed by atoms with Crippen LogP contribution in [0.15, 0.2) is 54.6 Å². The lowest BCUT2D eigenvalue weighted by Crippen LogP contribution is -2.02. The molecule has 0 aliphatic carbocycles. The third kappa shape index (κ3) is 3.54. The Labute approximate surface area is 138 Å². The van der Waals surface area contributed by atoms with Gasteiger partial charge >= 0.3 is 0 Å². The molecule has 0 atom stereocenters. The van der Waals surface area contributed by atoms with E-state index in [1.807, 2.05) is 36.4 Å². The quantitative estimate of drug-likeness (QED) is 0.566. The van der Waals surface area contributed by atoms with Crippen LogP contribution < -0.4 is 5.32 Å². The molecule has 0 aliphatic heterocycles. The molecule has 2 N–H and O–H groups in total. The summed E-state index contributed by atoms with van der Waals surface area (Å²) >= 11 is 0. The topological polar surface area (TPSA) is 94.7 Å². The van der Waals surface area contributed by atoms with E-state index in [1.54, 1.807) is 36.5 Å². The zero-order valence-corrected chi connectivity index (χ0v) is 12.6. The van der Waals surface area contributed by atoms with Crippen molar-refractivity contribution in [3.8, 4) is 23.3 Å². The van der Waals surface area contributed by atoms with E-state index in [4.69, 9.17) is 5.26 Å². The number of anilines is 1. The van der Waals surface area contributed by atoms with Crippen LogP contribution in [0.1, 0.15) is 11.4 Å². The minimum absolute atomic E-state index is 0.0598. The normalized spacial score (nSPS) is 10.5. The summed E-state index contributed by atoms with van der Waals surface area (Å²) in [5.41, 5.74) is 1.46. The summed E-state index contributed by atoms with van der Waals surface area (Å²) in [4.78, 5) is 12.7. The molecular formula is C18H13N5O. The molecule has 0 fully saturated rings. The van der Waals surface area contributed by atoms with Crippen molar-refractivity contribution in [1.82, 2.24) is 15.0 Å². The number of hydrogen-bond donors (Lipinski definition) is 2. The van der Waals surface area contributed by atoms with Gasteiger partial charge in [-0.2, -0.15) is 15.2 Å². The van der Waals surface area contributed by atoms with Gasteiger partial charge in [0.1, 0.15) is 5.75 Å². The van der Waals surface area contributed by atoms with Gasteiger partial charge < -0.3 is 5.11 Å². The van der Waals surface area contributed by atoms with E-state index in [9.17, 15) is 5.11 Å². The van der Waals surface area contributed by atoms with Crippen molar-refractivity contribution in [2.24, 2.45) is 0 Å². The van der Waals surface area contributed by atoms with Crippen LogP contribution in [0.25, 0.3) is 23.5 Å². The van der Waals surface area contributed by atoms with Crippen LogP contribution in [0.3, 0.4) is 0 Å². The number of hydrogen-bond acceptors (Lipinski definition) is 6. The highest BCUT2D eigenvalue weighted by atomic mass is 16.3. The Balaban J connectivity index is 2.02. The van der Waals surface area contributed by atoms with E-state index < -0.39 is 0 Å². The first-order valence-corrected chi connectivity index (χ1v) is 7.19. The summed E-state index contributed by atoms with van der Waals surface area (Å²) in [6.07, 6.45) is 5.38. The van der Waals surface area contributed by atoms with Gasteiger partial charge in [0.25, 0.3) is 0 Å². The van der Waals surface area contributed by atoms with Gasteiger partial charge in [0, 0.05) is 0 Å². The Kier molecular flexibility index (Phi) is 4.45. The van der Waals surface area contributed by atoms with E-state index in [0.717, 1.165) is 5.56 Å². The van der Waals surface area contributed by atoms with Gasteiger partial charge in [-0.05, 0) is 23.8 Å². The van der Waals surface area contributed by atoms with Gasteiger partial charge in [-0.1, -0.05) is 48.5 Å². The summed E-state index contributed by atoms with van der Waals surface area (Å²) < 4.78 is 0. The molecule has 6 nitrogen and oxygen atoms in total. The predicted octanol–water partition coefficient (Wildman–Crippen LogP) is 3.31. The maximum absolute atomic E-state index is 9.98. The molecular weight excluding hydrogens is 302 g/mol. The van der Waals surface area contributed by atoms with Gasteiger partial charge in [0.05, 0.1) is 5.56 Å². The Morgan fingerprint density at radius 3 is 2.42 bits per heavy atom. The highest BCUT2D eigenvalue weighted by Gasteiger charge is 2.10. The van der Waals surface area contributed by atoms with Crippen molar-refractivity contribution in [3.63, 3.8) is 0 Å². The summed E-state index contributed by atoms with van der Waals surface area (Å²) in [7, 11) is 0. The number of aromatic hydroxyl groups is 1. The number of aromatic nitrogens is 3. The molecule has 116 valence electrons. The first-order valence-electron chi connectivity index (χ1n) is 7.19. The lowest BCUT2D eigenvalue weighted by molar-refractivity contribution is 0.477. The minimum Gasteiger partial charge on any atom is -0.507 e. The maximum Gasteiger partial charge on any atom is 0.240 e. The number of nitrogens with zero attached hydrogens (tertiary/aromatic N) is 4. The Hall–Kier alpha value is -3.72. The number of phenols is 1. The lowest BCUT2D eigenvalue weighted by atomic mass is 10.2. The third-order valence-electron chi connectivity index (χ3n) is 3.19. The molecule has 0 aliphatic rings. The van der Waals surface area contributed by atoms with Crippen molar-refractivity contribution < 1.29 is 5.11 Å². The zero-order valence-electron chi connectivity index (χ0n) is 12.6. The van der Waals surface area contributed by atoms with E-state index in [0.29, 0.717) is 11.4 Å². The molecule has 0 bridgehead atoms. The number of para-hydroxylation sites is 1. The standard InChI is InChI=1S/C18H13N5O/c19-12-20-18-22-16(11-10-13-6-2-1-3-7-13)21-17(23-18)14-8-4-5-9-15(14)24/h1-11,24H,(H,20,21,22,23)/b11-10+. The number of nitrogens with one attached hydrogen (secondary N) is 1. The molecule has 3 aromatic rings. The fraction of sp³-hybridized carbons (Fsp3) is 0. The summed E-state index contributed by atoms with van der Waals surface area (Å²) in [5, 5.41) is 21.2. The first kappa shape index (κ1) is 15.2. The van der Waals surface area contributed by atoms with Crippen LogP contribution in [0.2, 0.25) is 0 Å². The smallest absolute Gasteiger partial charge is 0.240 e. The summed E-state index contributed by atoms with van der Waals surface area (Å²) in [5.74, 6) is 0.849. The predicted molar refractivity (Wildman–Crippen MR) is 91.5 cm³/mol. The second-order valence-corrected chi connectivity index (χ2v) is 4.84. The largest absolute Gasteiger partial charge is 0.507 e. The molecule has 0 amide bonds. The third-order valence-corrected chi connectivity index (χ3v) is 3.19. The fourth-order valence-corrected chi connectivity index (χ4v) is 2.09. The molecule has 0 unspecified atom stereocenters. The van der Waals surface area contributed by atoms with Crippen molar-refractivity contribution >= 4 is 18.1 Å². The van der Waals surface area contributed by atoms with Gasteiger partial charge in [0.2, 0.25) is 5.95 Å². The summed E-state index contributed by atoms with van der Waals surface area (Å²) in [6, 6.07) is 16.5. The van der Waals surface area contributed by atoms with Gasteiger partial charge in [-0.25, -0.2) is 4.98 Å².